The first-order chi connectivity index (χ1) is 12.2. The van der Waals surface area contributed by atoms with Crippen molar-refractivity contribution in [1.82, 2.24) is 0 Å². The molecule has 0 aliphatic carbocycles. The van der Waals surface area contributed by atoms with Crippen LogP contribution in [0.25, 0.3) is 5.57 Å². The van der Waals surface area contributed by atoms with Gasteiger partial charge in [-0.1, -0.05) is 96.9 Å². The first kappa shape index (κ1) is 17.0. The summed E-state index contributed by atoms with van der Waals surface area (Å²) >= 11 is 0. The van der Waals surface area contributed by atoms with Gasteiger partial charge >= 0.3 is 0 Å². The molecule has 0 spiro atoms. The molecule has 1 N–H and O–H groups in total. The summed E-state index contributed by atoms with van der Waals surface area (Å²) in [5.41, 5.74) is 4.80. The molecule has 0 aliphatic rings. The van der Waals surface area contributed by atoms with E-state index in [0.717, 1.165) is 22.3 Å². The molecule has 0 bridgehead atoms. The Morgan fingerprint density at radius 2 is 1.20 bits per heavy atom. The third kappa shape index (κ3) is 3.80. The molecule has 3 aromatic rings. The summed E-state index contributed by atoms with van der Waals surface area (Å²) in [6, 6.07) is 29.1. The minimum atomic E-state index is -1.27. The lowest BCUT2D eigenvalue weighted by Crippen LogP contribution is -2.25. The molecular formula is C23H17OSi. The van der Waals surface area contributed by atoms with Gasteiger partial charge in [-0.25, -0.2) is 0 Å². The largest absolute Gasteiger partial charge is 0.377 e. The van der Waals surface area contributed by atoms with Gasteiger partial charge in [0.05, 0.1) is 0 Å². The molecule has 119 valence electrons. The molecule has 0 saturated carbocycles. The maximum atomic E-state index is 11.7. The molecule has 25 heavy (non-hydrogen) atoms. The number of benzene rings is 3. The van der Waals surface area contributed by atoms with Crippen molar-refractivity contribution in [3.05, 3.63) is 114 Å². The van der Waals surface area contributed by atoms with Crippen LogP contribution in [-0.2, 0) is 5.60 Å². The van der Waals surface area contributed by atoms with Gasteiger partial charge in [-0.05, 0) is 22.8 Å². The quantitative estimate of drug-likeness (QED) is 0.560. The molecule has 2 heteroatoms. The molecule has 3 rings (SSSR count). The summed E-state index contributed by atoms with van der Waals surface area (Å²) in [4.78, 5) is 0. The van der Waals surface area contributed by atoms with E-state index in [1.165, 1.54) is 0 Å². The van der Waals surface area contributed by atoms with Crippen molar-refractivity contribution in [2.24, 2.45) is 0 Å². The number of hydrogen-bond donors (Lipinski definition) is 1. The number of hydrogen-bond acceptors (Lipinski definition) is 1. The fraction of sp³-hybridized carbons (Fsp3) is 0.0435. The average molecular weight is 337 g/mol. The summed E-state index contributed by atoms with van der Waals surface area (Å²) in [6.45, 7) is 0. The SMILES string of the molecule is OC(/C=C(/C#C[Si])c1ccccc1)(c1ccccc1)c1ccccc1. The van der Waals surface area contributed by atoms with Crippen molar-refractivity contribution in [3.8, 4) is 11.5 Å². The zero-order valence-corrected chi connectivity index (χ0v) is 14.7. The van der Waals surface area contributed by atoms with Gasteiger partial charge in [0, 0.05) is 5.57 Å². The van der Waals surface area contributed by atoms with Crippen molar-refractivity contribution in [2.45, 2.75) is 5.60 Å². The van der Waals surface area contributed by atoms with Gasteiger partial charge in [-0.3, -0.25) is 0 Å². The van der Waals surface area contributed by atoms with Crippen LogP contribution in [0.2, 0.25) is 0 Å². The number of allylic oxidation sites excluding steroid dienone is 1. The fourth-order valence-corrected chi connectivity index (χ4v) is 2.94. The lowest BCUT2D eigenvalue weighted by molar-refractivity contribution is 0.135. The maximum Gasteiger partial charge on any atom is 0.147 e. The molecule has 0 aromatic heterocycles. The Kier molecular flexibility index (Phi) is 5.30. The Morgan fingerprint density at radius 1 is 0.760 bits per heavy atom. The van der Waals surface area contributed by atoms with Crippen molar-refractivity contribution in [1.29, 1.82) is 0 Å². The van der Waals surface area contributed by atoms with Crippen LogP contribution >= 0.6 is 0 Å². The van der Waals surface area contributed by atoms with E-state index in [1.807, 2.05) is 97.1 Å². The van der Waals surface area contributed by atoms with Crippen molar-refractivity contribution >= 4 is 15.8 Å². The van der Waals surface area contributed by atoms with Gasteiger partial charge in [-0.2, -0.15) is 0 Å². The van der Waals surface area contributed by atoms with Crippen LogP contribution in [-0.4, -0.2) is 15.3 Å². The monoisotopic (exact) mass is 337 g/mol. The fourth-order valence-electron chi connectivity index (χ4n) is 2.80. The molecule has 0 atom stereocenters. The van der Waals surface area contributed by atoms with Crippen LogP contribution in [0.3, 0.4) is 0 Å². The van der Waals surface area contributed by atoms with Crippen molar-refractivity contribution < 1.29 is 5.11 Å². The van der Waals surface area contributed by atoms with Gasteiger partial charge in [0.2, 0.25) is 0 Å². The predicted molar refractivity (Wildman–Crippen MR) is 104 cm³/mol. The van der Waals surface area contributed by atoms with E-state index in [-0.39, 0.29) is 0 Å². The summed E-state index contributed by atoms with van der Waals surface area (Å²) in [5.74, 6) is 3.06. The highest BCUT2D eigenvalue weighted by Crippen LogP contribution is 2.33. The second-order valence-corrected chi connectivity index (χ2v) is 5.92. The van der Waals surface area contributed by atoms with E-state index in [1.54, 1.807) is 0 Å². The van der Waals surface area contributed by atoms with Crippen LogP contribution in [0.15, 0.2) is 97.1 Å². The van der Waals surface area contributed by atoms with Crippen molar-refractivity contribution in [2.75, 3.05) is 0 Å². The summed E-state index contributed by atoms with van der Waals surface area (Å²) in [5, 5.41) is 11.7. The molecule has 0 heterocycles. The third-order valence-electron chi connectivity index (χ3n) is 4.06. The molecule has 0 saturated heterocycles. The highest BCUT2D eigenvalue weighted by Gasteiger charge is 2.29. The lowest BCUT2D eigenvalue weighted by atomic mass is 9.84. The Morgan fingerprint density at radius 3 is 1.64 bits per heavy atom. The van der Waals surface area contributed by atoms with Crippen LogP contribution < -0.4 is 0 Å². The Balaban J connectivity index is 2.22. The van der Waals surface area contributed by atoms with E-state index in [2.05, 4.69) is 21.7 Å². The molecular weight excluding hydrogens is 320 g/mol. The predicted octanol–water partition coefficient (Wildman–Crippen LogP) is 4.14. The van der Waals surface area contributed by atoms with Crippen molar-refractivity contribution in [3.63, 3.8) is 0 Å². The Hall–Kier alpha value is -2.86. The summed E-state index contributed by atoms with van der Waals surface area (Å²) in [6.07, 6.45) is 1.82. The Labute approximate surface area is 152 Å². The second kappa shape index (κ2) is 7.81. The number of rotatable bonds is 4. The molecule has 1 nitrogen and oxygen atoms in total. The minimum absolute atomic E-state index is 0.755. The standard InChI is InChI=1S/C23H17OSi/c24-23(21-12-6-2-7-13-21,22-14-8-3-9-15-22)18-20(16-17-25)19-10-4-1-5-11-19/h1-15,18,24H/b20-18-. The molecule has 0 unspecified atom stereocenters. The van der Waals surface area contributed by atoms with E-state index >= 15 is 0 Å². The molecule has 0 aliphatic heterocycles. The minimum Gasteiger partial charge on any atom is -0.377 e. The zero-order chi connectivity index (χ0) is 17.5. The molecule has 3 radical (unpaired) electrons. The van der Waals surface area contributed by atoms with Gasteiger partial charge in [0.15, 0.2) is 0 Å². The van der Waals surface area contributed by atoms with E-state index < -0.39 is 5.60 Å². The lowest BCUT2D eigenvalue weighted by Gasteiger charge is -2.27. The first-order valence-corrected chi connectivity index (χ1v) is 8.53. The van der Waals surface area contributed by atoms with Crippen LogP contribution in [0.4, 0.5) is 0 Å². The van der Waals surface area contributed by atoms with Crippen LogP contribution in [0.1, 0.15) is 16.7 Å². The van der Waals surface area contributed by atoms with Crippen LogP contribution in [0.5, 0.6) is 0 Å². The first-order valence-electron chi connectivity index (χ1n) is 8.03. The second-order valence-electron chi connectivity index (χ2n) is 5.67. The summed E-state index contributed by atoms with van der Waals surface area (Å²) < 4.78 is 0. The molecule has 0 fully saturated rings. The van der Waals surface area contributed by atoms with E-state index in [0.29, 0.717) is 0 Å². The topological polar surface area (TPSA) is 20.2 Å². The highest BCUT2D eigenvalue weighted by atomic mass is 28.1. The Bertz CT molecular complexity index is 864. The van der Waals surface area contributed by atoms with E-state index in [4.69, 9.17) is 0 Å². The van der Waals surface area contributed by atoms with Gasteiger partial charge in [0.25, 0.3) is 0 Å². The average Bonchev–Trinajstić information content (AvgIpc) is 2.69. The summed E-state index contributed by atoms with van der Waals surface area (Å²) in [7, 11) is 3.23. The molecule has 3 aromatic carbocycles. The highest BCUT2D eigenvalue weighted by molar-refractivity contribution is 6.23. The zero-order valence-electron chi connectivity index (χ0n) is 13.7. The maximum absolute atomic E-state index is 11.7. The van der Waals surface area contributed by atoms with E-state index in [9.17, 15) is 5.11 Å². The van der Waals surface area contributed by atoms with Gasteiger partial charge < -0.3 is 5.11 Å². The normalized spacial score (nSPS) is 11.5. The number of aliphatic hydroxyl groups is 1. The molecule has 0 amide bonds. The third-order valence-corrected chi connectivity index (χ3v) is 4.19. The smallest absolute Gasteiger partial charge is 0.147 e. The van der Waals surface area contributed by atoms with Crippen LogP contribution in [0, 0.1) is 11.5 Å². The van der Waals surface area contributed by atoms with Gasteiger partial charge in [0.1, 0.15) is 15.8 Å². The van der Waals surface area contributed by atoms with Gasteiger partial charge in [-0.15, -0.1) is 5.54 Å².